The average molecular weight is 458 g/mol. The van der Waals surface area contributed by atoms with E-state index in [1.165, 1.54) is 36.4 Å². The molecule has 9 heteroatoms. The summed E-state index contributed by atoms with van der Waals surface area (Å²) in [7, 11) is 0. The molecule has 0 heterocycles. The number of hydrogen-bond donors (Lipinski definition) is 0. The van der Waals surface area contributed by atoms with Gasteiger partial charge in [0.25, 0.3) is 11.4 Å². The summed E-state index contributed by atoms with van der Waals surface area (Å²) in [6.45, 7) is 0. The first-order valence-corrected chi connectivity index (χ1v) is 8.84. The number of alkyl halides is 2. The van der Waals surface area contributed by atoms with E-state index in [9.17, 15) is 25.0 Å². The van der Waals surface area contributed by atoms with Crippen LogP contribution in [0.1, 0.15) is 27.0 Å². The lowest BCUT2D eigenvalue weighted by Crippen LogP contribution is -2.08. The lowest BCUT2D eigenvalue weighted by Gasteiger charge is -2.09. The minimum atomic E-state index is -0.532. The molecule has 0 aliphatic heterocycles. The number of carbonyl (C=O) groups excluding carboxylic acids is 1. The maximum atomic E-state index is 12.8. The number of ketones is 1. The summed E-state index contributed by atoms with van der Waals surface area (Å²) < 4.78 is 0. The fourth-order valence-corrected chi connectivity index (χ4v) is 3.12. The van der Waals surface area contributed by atoms with E-state index in [1.807, 2.05) is 0 Å². The van der Waals surface area contributed by atoms with Crippen LogP contribution >= 0.6 is 31.9 Å². The normalized spacial score (nSPS) is 10.4. The van der Waals surface area contributed by atoms with Crippen LogP contribution in [-0.4, -0.2) is 15.6 Å². The van der Waals surface area contributed by atoms with Crippen LogP contribution in [0.15, 0.2) is 36.4 Å². The highest BCUT2D eigenvalue weighted by molar-refractivity contribution is 9.08. The Morgan fingerprint density at radius 1 is 0.833 bits per heavy atom. The van der Waals surface area contributed by atoms with Gasteiger partial charge in [0.2, 0.25) is 0 Å². The van der Waals surface area contributed by atoms with Gasteiger partial charge in [0.05, 0.1) is 9.85 Å². The van der Waals surface area contributed by atoms with Crippen molar-refractivity contribution in [1.29, 1.82) is 0 Å². The molecule has 0 fully saturated rings. The number of nitrogens with zero attached hydrogens (tertiary/aromatic N) is 2. The zero-order chi connectivity index (χ0) is 17.9. The number of benzene rings is 2. The van der Waals surface area contributed by atoms with Gasteiger partial charge in [0.15, 0.2) is 5.78 Å². The molecule has 0 bridgehead atoms. The minimum absolute atomic E-state index is 0.106. The van der Waals surface area contributed by atoms with Gasteiger partial charge in [-0.2, -0.15) is 0 Å². The predicted molar refractivity (Wildman–Crippen MR) is 94.9 cm³/mol. The van der Waals surface area contributed by atoms with Crippen molar-refractivity contribution < 1.29 is 14.6 Å². The quantitative estimate of drug-likeness (QED) is 0.274. The summed E-state index contributed by atoms with van der Waals surface area (Å²) in [6, 6.07) is 7.99. The largest absolute Gasteiger partial charge is 0.289 e. The predicted octanol–water partition coefficient (Wildman–Crippen LogP) is 4.52. The topological polar surface area (TPSA) is 103 Å². The van der Waals surface area contributed by atoms with E-state index in [-0.39, 0.29) is 27.8 Å². The van der Waals surface area contributed by atoms with Crippen LogP contribution in [0.3, 0.4) is 0 Å². The molecule has 2 aromatic rings. The summed E-state index contributed by atoms with van der Waals surface area (Å²) in [6.07, 6.45) is 0. The molecule has 2 rings (SSSR count). The number of carbonyl (C=O) groups is 1. The number of halogens is 2. The van der Waals surface area contributed by atoms with E-state index in [0.717, 1.165) is 0 Å². The van der Waals surface area contributed by atoms with E-state index in [2.05, 4.69) is 31.9 Å². The van der Waals surface area contributed by atoms with Gasteiger partial charge < -0.3 is 0 Å². The van der Waals surface area contributed by atoms with Gasteiger partial charge in [-0.3, -0.25) is 25.0 Å². The van der Waals surface area contributed by atoms with Gasteiger partial charge in [-0.25, -0.2) is 0 Å². The second-order valence-electron chi connectivity index (χ2n) is 4.79. The Kier molecular flexibility index (Phi) is 5.79. The number of nitro benzene ring substituents is 2. The highest BCUT2D eigenvalue weighted by atomic mass is 79.9. The first-order chi connectivity index (χ1) is 11.4. The number of nitro groups is 2. The molecule has 0 aliphatic rings. The van der Waals surface area contributed by atoms with E-state index in [0.29, 0.717) is 22.3 Å². The molecule has 124 valence electrons. The van der Waals surface area contributed by atoms with Crippen molar-refractivity contribution in [2.45, 2.75) is 10.7 Å². The van der Waals surface area contributed by atoms with Crippen LogP contribution < -0.4 is 0 Å². The molecule has 0 atom stereocenters. The molecule has 0 amide bonds. The average Bonchev–Trinajstić information content (AvgIpc) is 2.59. The Bertz CT molecular complexity index is 771. The standard InChI is InChI=1S/C15H10Br2N2O5/c16-7-9-5-11(18(21)22)1-3-13(9)15(20)14-4-2-12(19(23)24)6-10(14)8-17/h1-6H,7-8H2. The Hall–Kier alpha value is -2.13. The Morgan fingerprint density at radius 3 is 1.50 bits per heavy atom. The summed E-state index contributed by atoms with van der Waals surface area (Å²) in [5.41, 5.74) is 1.37. The molecule has 0 saturated heterocycles. The van der Waals surface area contributed by atoms with Crippen molar-refractivity contribution in [2.24, 2.45) is 0 Å². The molecular weight excluding hydrogens is 448 g/mol. The van der Waals surface area contributed by atoms with Gasteiger partial charge in [-0.05, 0) is 23.3 Å². The van der Waals surface area contributed by atoms with Crippen LogP contribution in [-0.2, 0) is 10.7 Å². The van der Waals surface area contributed by atoms with Gasteiger partial charge in [-0.1, -0.05) is 31.9 Å². The third-order valence-corrected chi connectivity index (χ3v) is 4.58. The van der Waals surface area contributed by atoms with Gasteiger partial charge in [-0.15, -0.1) is 0 Å². The lowest BCUT2D eigenvalue weighted by molar-refractivity contribution is -0.385. The molecule has 0 radical (unpaired) electrons. The molecule has 0 saturated carbocycles. The second-order valence-corrected chi connectivity index (χ2v) is 5.91. The zero-order valence-electron chi connectivity index (χ0n) is 12.1. The molecule has 0 N–H and O–H groups in total. The van der Waals surface area contributed by atoms with Crippen molar-refractivity contribution in [3.63, 3.8) is 0 Å². The SMILES string of the molecule is O=C(c1ccc([N+](=O)[O-])cc1CBr)c1ccc([N+](=O)[O-])cc1CBr. The Balaban J connectivity index is 2.52. The number of non-ortho nitro benzene ring substituents is 2. The highest BCUT2D eigenvalue weighted by Gasteiger charge is 2.20. The molecule has 0 aliphatic carbocycles. The maximum absolute atomic E-state index is 12.8. The van der Waals surface area contributed by atoms with Gasteiger partial charge in [0, 0.05) is 46.1 Å². The van der Waals surface area contributed by atoms with Crippen molar-refractivity contribution in [2.75, 3.05) is 0 Å². The minimum Gasteiger partial charge on any atom is -0.289 e. The van der Waals surface area contributed by atoms with E-state index < -0.39 is 9.85 Å². The van der Waals surface area contributed by atoms with Gasteiger partial charge in [0.1, 0.15) is 0 Å². The van der Waals surface area contributed by atoms with Crippen LogP contribution in [0.25, 0.3) is 0 Å². The van der Waals surface area contributed by atoms with Crippen LogP contribution in [0.4, 0.5) is 11.4 Å². The zero-order valence-corrected chi connectivity index (χ0v) is 15.2. The summed E-state index contributed by atoms with van der Waals surface area (Å²) in [5, 5.41) is 22.3. The van der Waals surface area contributed by atoms with Crippen molar-refractivity contribution in [3.8, 4) is 0 Å². The summed E-state index contributed by atoms with van der Waals surface area (Å²) >= 11 is 6.45. The van der Waals surface area contributed by atoms with Gasteiger partial charge >= 0.3 is 0 Å². The Morgan fingerprint density at radius 2 is 1.21 bits per heavy atom. The molecular formula is C15H10Br2N2O5. The van der Waals surface area contributed by atoms with Crippen LogP contribution in [0.2, 0.25) is 0 Å². The molecule has 24 heavy (non-hydrogen) atoms. The number of hydrogen-bond acceptors (Lipinski definition) is 5. The number of rotatable bonds is 6. The molecule has 0 aromatic heterocycles. The van der Waals surface area contributed by atoms with Crippen LogP contribution in [0, 0.1) is 20.2 Å². The van der Waals surface area contributed by atoms with E-state index in [1.54, 1.807) is 0 Å². The van der Waals surface area contributed by atoms with Crippen LogP contribution in [0.5, 0.6) is 0 Å². The van der Waals surface area contributed by atoms with Crippen molar-refractivity contribution in [1.82, 2.24) is 0 Å². The van der Waals surface area contributed by atoms with Crippen molar-refractivity contribution in [3.05, 3.63) is 78.9 Å². The first-order valence-electron chi connectivity index (χ1n) is 6.60. The third-order valence-electron chi connectivity index (χ3n) is 3.38. The molecule has 2 aromatic carbocycles. The summed E-state index contributed by atoms with van der Waals surface area (Å²) in [5.74, 6) is -0.344. The van der Waals surface area contributed by atoms with E-state index >= 15 is 0 Å². The molecule has 7 nitrogen and oxygen atoms in total. The van der Waals surface area contributed by atoms with Crippen molar-refractivity contribution >= 4 is 49.0 Å². The maximum Gasteiger partial charge on any atom is 0.269 e. The lowest BCUT2D eigenvalue weighted by atomic mass is 9.95. The smallest absolute Gasteiger partial charge is 0.269 e. The fourth-order valence-electron chi connectivity index (χ4n) is 2.20. The monoisotopic (exact) mass is 456 g/mol. The second kappa shape index (κ2) is 7.63. The fraction of sp³-hybridized carbons (Fsp3) is 0.133. The highest BCUT2D eigenvalue weighted by Crippen LogP contribution is 2.26. The third kappa shape index (κ3) is 3.68. The Labute approximate surface area is 153 Å². The molecule has 0 unspecified atom stereocenters. The molecule has 0 spiro atoms. The van der Waals surface area contributed by atoms with E-state index in [4.69, 9.17) is 0 Å². The first kappa shape index (κ1) is 18.2. The summed E-state index contributed by atoms with van der Waals surface area (Å²) in [4.78, 5) is 33.4.